The molecule has 0 fully saturated rings. The van der Waals surface area contributed by atoms with E-state index in [1.807, 2.05) is 0 Å². The first kappa shape index (κ1) is 12.3. The number of hydrogen-bond acceptors (Lipinski definition) is 0. The van der Waals surface area contributed by atoms with Crippen LogP contribution in [0.4, 0.5) is 0 Å². The summed E-state index contributed by atoms with van der Waals surface area (Å²) < 4.78 is 2.24. The minimum atomic E-state index is -0.687. The number of allylic oxidation sites excluding steroid dienone is 8. The van der Waals surface area contributed by atoms with E-state index in [1.165, 1.54) is 25.7 Å². The molecule has 1 heteroatoms. The summed E-state index contributed by atoms with van der Waals surface area (Å²) in [5.74, 6) is 0. The monoisotopic (exact) mass is 380 g/mol. The van der Waals surface area contributed by atoms with E-state index in [0.717, 1.165) is 0 Å². The Morgan fingerprint density at radius 1 is 1.44 bits per heavy atom. The van der Waals surface area contributed by atoms with Crippen molar-refractivity contribution in [2.45, 2.75) is 42.7 Å². The molecule has 2 rings (SSSR count). The van der Waals surface area contributed by atoms with Gasteiger partial charge in [-0.15, -0.1) is 0 Å². The molecule has 2 aliphatic rings. The molecule has 2 aliphatic carbocycles. The van der Waals surface area contributed by atoms with E-state index in [2.05, 4.69) is 50.3 Å². The molecule has 0 radical (unpaired) electrons. The SMILES string of the molecule is CCCCC1=C[C](C)([Hf][C]2=CC=CC2)C=C1. The van der Waals surface area contributed by atoms with Gasteiger partial charge in [0.1, 0.15) is 0 Å². The van der Waals surface area contributed by atoms with Gasteiger partial charge in [-0.2, -0.15) is 0 Å². The molecule has 0 aliphatic heterocycles. The Kier molecular flexibility index (Phi) is 4.18. The molecule has 0 spiro atoms. The zero-order chi connectivity index (χ0) is 11.4. The van der Waals surface area contributed by atoms with Crippen molar-refractivity contribution in [3.63, 3.8) is 0 Å². The Morgan fingerprint density at radius 3 is 3.00 bits per heavy atom. The summed E-state index contributed by atoms with van der Waals surface area (Å²) in [6.45, 7) is 4.70. The molecule has 16 heavy (non-hydrogen) atoms. The third-order valence-electron chi connectivity index (χ3n) is 3.15. The standard InChI is InChI=1S/C10H15.C5H5.Hf/c1-3-4-5-10-7-6-9(2)8-10;1-2-4-5-3-1;/h6-8H,3-5H2,1-2H3;1-3H,4H2;. The average molecular weight is 379 g/mol. The van der Waals surface area contributed by atoms with Crippen LogP contribution < -0.4 is 0 Å². The van der Waals surface area contributed by atoms with Gasteiger partial charge in [-0.05, 0) is 0 Å². The summed E-state index contributed by atoms with van der Waals surface area (Å²) in [4.78, 5) is 0. The van der Waals surface area contributed by atoms with Gasteiger partial charge in [-0.3, -0.25) is 0 Å². The fourth-order valence-electron chi connectivity index (χ4n) is 2.26. The first-order chi connectivity index (χ1) is 7.72. The van der Waals surface area contributed by atoms with Gasteiger partial charge in [0.2, 0.25) is 0 Å². The van der Waals surface area contributed by atoms with Crippen molar-refractivity contribution >= 4 is 0 Å². The van der Waals surface area contributed by atoms with E-state index >= 15 is 0 Å². The third-order valence-corrected chi connectivity index (χ3v) is 8.69. The maximum absolute atomic E-state index is 2.56. The minimum absolute atomic E-state index is 0.473. The van der Waals surface area contributed by atoms with Crippen molar-refractivity contribution in [1.29, 1.82) is 0 Å². The van der Waals surface area contributed by atoms with Gasteiger partial charge in [0.25, 0.3) is 0 Å². The van der Waals surface area contributed by atoms with E-state index in [4.69, 9.17) is 0 Å². The summed E-state index contributed by atoms with van der Waals surface area (Å²) in [5.41, 5.74) is 1.59. The van der Waals surface area contributed by atoms with Crippen molar-refractivity contribution < 1.29 is 22.9 Å². The van der Waals surface area contributed by atoms with Gasteiger partial charge in [-0.25, -0.2) is 0 Å². The molecule has 84 valence electrons. The molecule has 0 aromatic heterocycles. The van der Waals surface area contributed by atoms with E-state index in [-0.39, 0.29) is 0 Å². The van der Waals surface area contributed by atoms with E-state index in [1.54, 1.807) is 8.90 Å². The normalized spacial score (nSPS) is 27.1. The number of rotatable bonds is 5. The van der Waals surface area contributed by atoms with Gasteiger partial charge in [-0.1, -0.05) is 0 Å². The summed E-state index contributed by atoms with van der Waals surface area (Å²) in [7, 11) is 0. The molecule has 0 aromatic carbocycles. The van der Waals surface area contributed by atoms with Crippen LogP contribution in [0.1, 0.15) is 39.5 Å². The molecule has 0 nitrogen and oxygen atoms in total. The maximum atomic E-state index is 2.56. The molecule has 0 N–H and O–H groups in total. The molecule has 0 amide bonds. The fourth-order valence-corrected chi connectivity index (χ4v) is 7.71. The van der Waals surface area contributed by atoms with E-state index in [9.17, 15) is 0 Å². The zero-order valence-electron chi connectivity index (χ0n) is 10.3. The Morgan fingerprint density at radius 2 is 2.31 bits per heavy atom. The van der Waals surface area contributed by atoms with Crippen LogP contribution in [0.5, 0.6) is 0 Å². The Bertz CT molecular complexity index is 371. The van der Waals surface area contributed by atoms with Gasteiger partial charge < -0.3 is 0 Å². The van der Waals surface area contributed by atoms with Crippen molar-refractivity contribution in [3.05, 3.63) is 45.4 Å². The van der Waals surface area contributed by atoms with Gasteiger partial charge in [0, 0.05) is 0 Å². The molecule has 0 aromatic rings. The van der Waals surface area contributed by atoms with Crippen molar-refractivity contribution in [2.75, 3.05) is 0 Å². The molecular formula is C15H20Hf. The number of hydrogen-bond donors (Lipinski definition) is 0. The first-order valence-corrected chi connectivity index (χ1v) is 9.86. The van der Waals surface area contributed by atoms with Crippen LogP contribution in [-0.2, 0) is 22.9 Å². The molecule has 0 saturated carbocycles. The van der Waals surface area contributed by atoms with E-state index < -0.39 is 22.9 Å². The topological polar surface area (TPSA) is 0 Å². The van der Waals surface area contributed by atoms with Gasteiger partial charge in [0.15, 0.2) is 0 Å². The van der Waals surface area contributed by atoms with Crippen molar-refractivity contribution in [2.24, 2.45) is 0 Å². The van der Waals surface area contributed by atoms with Crippen LogP contribution in [0.25, 0.3) is 0 Å². The van der Waals surface area contributed by atoms with Gasteiger partial charge >= 0.3 is 111 Å². The first-order valence-electron chi connectivity index (χ1n) is 6.27. The quantitative estimate of drug-likeness (QED) is 0.604. The Balaban J connectivity index is 1.94. The average Bonchev–Trinajstić information content (AvgIpc) is 2.86. The third kappa shape index (κ3) is 3.16. The molecule has 0 heterocycles. The molecule has 0 saturated heterocycles. The number of unbranched alkanes of at least 4 members (excludes halogenated alkanes) is 1. The van der Waals surface area contributed by atoms with Crippen molar-refractivity contribution in [1.82, 2.24) is 0 Å². The van der Waals surface area contributed by atoms with Crippen LogP contribution in [0.2, 0.25) is 3.17 Å². The van der Waals surface area contributed by atoms with Crippen LogP contribution in [0, 0.1) is 0 Å². The predicted octanol–water partition coefficient (Wildman–Crippen LogP) is 4.78. The summed E-state index contributed by atoms with van der Waals surface area (Å²) in [5, 5.41) is 0. The van der Waals surface area contributed by atoms with Gasteiger partial charge in [0.05, 0.1) is 0 Å². The fraction of sp³-hybridized carbons (Fsp3) is 0.467. The van der Waals surface area contributed by atoms with Crippen molar-refractivity contribution in [3.8, 4) is 0 Å². The molecule has 1 atom stereocenters. The predicted molar refractivity (Wildman–Crippen MR) is 67.0 cm³/mol. The Labute approximate surface area is 111 Å². The second-order valence-electron chi connectivity index (χ2n) is 4.89. The molecule has 1 unspecified atom stereocenters. The summed E-state index contributed by atoms with van der Waals surface area (Å²) in [6.07, 6.45) is 19.5. The zero-order valence-corrected chi connectivity index (χ0v) is 13.9. The molecular weight excluding hydrogens is 359 g/mol. The Hall–Kier alpha value is -0.170. The van der Waals surface area contributed by atoms with Crippen LogP contribution in [0.3, 0.4) is 0 Å². The summed E-state index contributed by atoms with van der Waals surface area (Å²) >= 11 is -0.687. The van der Waals surface area contributed by atoms with Crippen LogP contribution in [0.15, 0.2) is 45.4 Å². The second-order valence-corrected chi connectivity index (χ2v) is 12.0. The van der Waals surface area contributed by atoms with Crippen LogP contribution in [-0.4, -0.2) is 0 Å². The summed E-state index contributed by atoms with van der Waals surface area (Å²) in [6, 6.07) is 0. The second kappa shape index (κ2) is 5.44. The molecule has 0 bridgehead atoms. The van der Waals surface area contributed by atoms with Crippen LogP contribution >= 0.6 is 0 Å². The van der Waals surface area contributed by atoms with E-state index in [0.29, 0.717) is 3.17 Å².